The fourth-order valence-corrected chi connectivity index (χ4v) is 3.50. The number of hydrogen-bond donors (Lipinski definition) is 1. The van der Waals surface area contributed by atoms with Crippen molar-refractivity contribution in [2.24, 2.45) is 17.6 Å². The lowest BCUT2D eigenvalue weighted by Gasteiger charge is -2.18. The predicted molar refractivity (Wildman–Crippen MR) is 76.5 cm³/mol. The van der Waals surface area contributed by atoms with Gasteiger partial charge in [0.25, 0.3) is 5.91 Å². The Balaban J connectivity index is 1.72. The highest BCUT2D eigenvalue weighted by Gasteiger charge is 2.42. The highest BCUT2D eigenvalue weighted by molar-refractivity contribution is 5.97. The van der Waals surface area contributed by atoms with Gasteiger partial charge in [-0.25, -0.2) is 0 Å². The Bertz CT molecular complexity index is 538. The van der Waals surface area contributed by atoms with Crippen molar-refractivity contribution < 1.29 is 9.59 Å². The molecular formula is C16H20N2O2. The van der Waals surface area contributed by atoms with Gasteiger partial charge in [0.2, 0.25) is 0 Å². The van der Waals surface area contributed by atoms with E-state index >= 15 is 0 Å². The second-order valence-corrected chi connectivity index (χ2v) is 6.01. The predicted octanol–water partition coefficient (Wildman–Crippen LogP) is 1.70. The first-order valence-electron chi connectivity index (χ1n) is 7.22. The van der Waals surface area contributed by atoms with E-state index in [1.807, 2.05) is 4.90 Å². The first-order chi connectivity index (χ1) is 9.56. The molecule has 1 aliphatic heterocycles. The van der Waals surface area contributed by atoms with E-state index in [0.717, 1.165) is 25.9 Å². The number of benzene rings is 1. The van der Waals surface area contributed by atoms with Crippen molar-refractivity contribution in [1.29, 1.82) is 0 Å². The number of carbonyl (C=O) groups is 2. The van der Waals surface area contributed by atoms with Crippen LogP contribution in [0.25, 0.3) is 0 Å². The van der Waals surface area contributed by atoms with E-state index < -0.39 is 0 Å². The van der Waals surface area contributed by atoms with E-state index in [4.69, 9.17) is 5.73 Å². The van der Waals surface area contributed by atoms with Crippen molar-refractivity contribution >= 4 is 11.7 Å². The van der Waals surface area contributed by atoms with Gasteiger partial charge in [0.15, 0.2) is 5.78 Å². The fraction of sp³-hybridized carbons (Fsp3) is 0.500. The number of nitrogens with zero attached hydrogens (tertiary/aromatic N) is 1. The summed E-state index contributed by atoms with van der Waals surface area (Å²) in [5, 5.41) is 0. The molecule has 3 atom stereocenters. The molecule has 1 aromatic carbocycles. The third-order valence-electron chi connectivity index (χ3n) is 4.74. The molecule has 106 valence electrons. The molecule has 1 heterocycles. The smallest absolute Gasteiger partial charge is 0.253 e. The van der Waals surface area contributed by atoms with Crippen molar-refractivity contribution in [1.82, 2.24) is 4.90 Å². The SMILES string of the molecule is CC(=O)c1ccc(C(=O)N2CC3CCC(N)C3C2)cc1. The Hall–Kier alpha value is -1.68. The lowest BCUT2D eigenvalue weighted by atomic mass is 9.98. The molecule has 4 heteroatoms. The summed E-state index contributed by atoms with van der Waals surface area (Å²) in [4.78, 5) is 25.6. The summed E-state index contributed by atoms with van der Waals surface area (Å²) in [6.45, 7) is 3.13. The van der Waals surface area contributed by atoms with Crippen LogP contribution in [-0.2, 0) is 0 Å². The molecule has 2 fully saturated rings. The van der Waals surface area contributed by atoms with Crippen LogP contribution in [0.4, 0.5) is 0 Å². The molecule has 1 amide bonds. The Morgan fingerprint density at radius 1 is 1.10 bits per heavy atom. The number of carbonyl (C=O) groups excluding carboxylic acids is 2. The number of ketones is 1. The number of fused-ring (bicyclic) bond motifs is 1. The van der Waals surface area contributed by atoms with Gasteiger partial charge in [-0.2, -0.15) is 0 Å². The zero-order valence-electron chi connectivity index (χ0n) is 11.7. The van der Waals surface area contributed by atoms with E-state index in [1.165, 1.54) is 6.92 Å². The van der Waals surface area contributed by atoms with Crippen LogP contribution in [-0.4, -0.2) is 35.7 Å². The number of nitrogens with two attached hydrogens (primary N) is 1. The molecule has 0 radical (unpaired) electrons. The molecule has 0 bridgehead atoms. The van der Waals surface area contributed by atoms with Gasteiger partial charge >= 0.3 is 0 Å². The van der Waals surface area contributed by atoms with Crippen molar-refractivity contribution in [3.8, 4) is 0 Å². The van der Waals surface area contributed by atoms with Crippen LogP contribution in [0.2, 0.25) is 0 Å². The Kier molecular flexibility index (Phi) is 3.34. The van der Waals surface area contributed by atoms with Crippen molar-refractivity contribution in [3.05, 3.63) is 35.4 Å². The molecule has 2 N–H and O–H groups in total. The summed E-state index contributed by atoms with van der Waals surface area (Å²) >= 11 is 0. The highest BCUT2D eigenvalue weighted by atomic mass is 16.2. The van der Waals surface area contributed by atoms with Gasteiger partial charge < -0.3 is 10.6 Å². The van der Waals surface area contributed by atoms with Crippen molar-refractivity contribution in [3.63, 3.8) is 0 Å². The van der Waals surface area contributed by atoms with E-state index in [2.05, 4.69) is 0 Å². The van der Waals surface area contributed by atoms with Gasteiger partial charge in [-0.05, 0) is 43.7 Å². The van der Waals surface area contributed by atoms with Crippen LogP contribution in [0.1, 0.15) is 40.5 Å². The van der Waals surface area contributed by atoms with Crippen LogP contribution in [0.3, 0.4) is 0 Å². The first kappa shape index (κ1) is 13.3. The number of likely N-dealkylation sites (tertiary alicyclic amines) is 1. The second-order valence-electron chi connectivity index (χ2n) is 6.01. The second kappa shape index (κ2) is 5.02. The van der Waals surface area contributed by atoms with Crippen LogP contribution >= 0.6 is 0 Å². The minimum absolute atomic E-state index is 0.0191. The average molecular weight is 272 g/mol. The number of amides is 1. The quantitative estimate of drug-likeness (QED) is 0.833. The maximum absolute atomic E-state index is 12.5. The van der Waals surface area contributed by atoms with E-state index in [1.54, 1.807) is 24.3 Å². The summed E-state index contributed by atoms with van der Waals surface area (Å²) < 4.78 is 0. The first-order valence-corrected chi connectivity index (χ1v) is 7.22. The molecular weight excluding hydrogens is 252 g/mol. The number of rotatable bonds is 2. The molecule has 0 spiro atoms. The van der Waals surface area contributed by atoms with Crippen LogP contribution in [0.5, 0.6) is 0 Å². The third-order valence-corrected chi connectivity index (χ3v) is 4.74. The zero-order chi connectivity index (χ0) is 14.3. The Labute approximate surface area is 118 Å². The summed E-state index contributed by atoms with van der Waals surface area (Å²) in [5.74, 6) is 1.12. The van der Waals surface area contributed by atoms with Gasteiger partial charge in [-0.15, -0.1) is 0 Å². The van der Waals surface area contributed by atoms with Crippen molar-refractivity contribution in [2.45, 2.75) is 25.8 Å². The maximum Gasteiger partial charge on any atom is 0.253 e. The Morgan fingerprint density at radius 2 is 1.75 bits per heavy atom. The van der Waals surface area contributed by atoms with Gasteiger partial charge in [0.05, 0.1) is 0 Å². The number of hydrogen-bond acceptors (Lipinski definition) is 3. The summed E-state index contributed by atoms with van der Waals surface area (Å²) in [6.07, 6.45) is 2.23. The minimum atomic E-state index is 0.0191. The standard InChI is InChI=1S/C16H20N2O2/c1-10(19)11-2-4-12(5-3-11)16(20)18-8-13-6-7-15(17)14(13)9-18/h2-5,13-15H,6-9,17H2,1H3. The van der Waals surface area contributed by atoms with Gasteiger partial charge in [0, 0.05) is 30.3 Å². The van der Waals surface area contributed by atoms with Crippen LogP contribution < -0.4 is 5.73 Å². The lowest BCUT2D eigenvalue weighted by Crippen LogP contribution is -2.33. The fourth-order valence-electron chi connectivity index (χ4n) is 3.50. The van der Waals surface area contributed by atoms with E-state index in [0.29, 0.717) is 23.0 Å². The maximum atomic E-state index is 12.5. The molecule has 1 aromatic rings. The normalized spacial score (nSPS) is 28.5. The lowest BCUT2D eigenvalue weighted by molar-refractivity contribution is 0.0779. The average Bonchev–Trinajstić information content (AvgIpc) is 3.01. The van der Waals surface area contributed by atoms with Gasteiger partial charge in [-0.1, -0.05) is 12.1 Å². The van der Waals surface area contributed by atoms with Gasteiger partial charge in [0.1, 0.15) is 0 Å². The molecule has 3 rings (SSSR count). The van der Waals surface area contributed by atoms with E-state index in [-0.39, 0.29) is 17.7 Å². The molecule has 2 aliphatic rings. The Morgan fingerprint density at radius 3 is 2.35 bits per heavy atom. The monoisotopic (exact) mass is 272 g/mol. The molecule has 1 saturated heterocycles. The molecule has 20 heavy (non-hydrogen) atoms. The van der Waals surface area contributed by atoms with E-state index in [9.17, 15) is 9.59 Å². The van der Waals surface area contributed by atoms with Crippen LogP contribution in [0.15, 0.2) is 24.3 Å². The molecule has 1 aliphatic carbocycles. The summed E-state index contributed by atoms with van der Waals surface area (Å²) in [6, 6.07) is 7.18. The molecule has 1 saturated carbocycles. The third kappa shape index (κ3) is 2.24. The van der Waals surface area contributed by atoms with Gasteiger partial charge in [-0.3, -0.25) is 9.59 Å². The highest BCUT2D eigenvalue weighted by Crippen LogP contribution is 2.37. The molecule has 0 aromatic heterocycles. The summed E-state index contributed by atoms with van der Waals surface area (Å²) in [7, 11) is 0. The van der Waals surface area contributed by atoms with Crippen LogP contribution in [0, 0.1) is 11.8 Å². The topological polar surface area (TPSA) is 63.4 Å². The molecule has 3 unspecified atom stereocenters. The largest absolute Gasteiger partial charge is 0.338 e. The minimum Gasteiger partial charge on any atom is -0.338 e. The zero-order valence-corrected chi connectivity index (χ0v) is 11.7. The molecule has 4 nitrogen and oxygen atoms in total. The summed E-state index contributed by atoms with van der Waals surface area (Å²) in [5.41, 5.74) is 7.40. The van der Waals surface area contributed by atoms with Crippen molar-refractivity contribution in [2.75, 3.05) is 13.1 Å². The number of Topliss-reactive ketones (excluding diaryl/α,β-unsaturated/α-hetero) is 1.